The summed E-state index contributed by atoms with van der Waals surface area (Å²) in [6.07, 6.45) is 0. The highest BCUT2D eigenvalue weighted by Gasteiger charge is 2.05. The molecule has 0 aliphatic rings. The second kappa shape index (κ2) is 3.84. The van der Waals surface area contributed by atoms with Gasteiger partial charge in [-0.2, -0.15) is 5.10 Å². The molecule has 0 radical (unpaired) electrons. The normalized spacial score (nSPS) is 11.0. The first kappa shape index (κ1) is 10.8. The zero-order valence-electron chi connectivity index (χ0n) is 10.4. The highest BCUT2D eigenvalue weighted by molar-refractivity contribution is 5.82. The van der Waals surface area contributed by atoms with E-state index in [2.05, 4.69) is 10.1 Å². The summed E-state index contributed by atoms with van der Waals surface area (Å²) in [6.45, 7) is 4.00. The van der Waals surface area contributed by atoms with Gasteiger partial charge in [0.2, 0.25) is 0 Å². The molecule has 90 valence electrons. The van der Waals surface area contributed by atoms with Gasteiger partial charge in [0.05, 0.1) is 11.2 Å². The predicted molar refractivity (Wildman–Crippen MR) is 72.8 cm³/mol. The van der Waals surface area contributed by atoms with Crippen LogP contribution in [0.3, 0.4) is 0 Å². The second-order valence-electron chi connectivity index (χ2n) is 4.46. The first-order valence-corrected chi connectivity index (χ1v) is 5.83. The smallest absolute Gasteiger partial charge is 0.154 e. The maximum Gasteiger partial charge on any atom is 0.154 e. The molecule has 0 fully saturated rings. The zero-order valence-corrected chi connectivity index (χ0v) is 10.4. The van der Waals surface area contributed by atoms with E-state index >= 15 is 0 Å². The highest BCUT2D eigenvalue weighted by Crippen LogP contribution is 2.18. The lowest BCUT2D eigenvalue weighted by atomic mass is 10.2. The molecular weight excluding hydrogens is 224 g/mol. The molecule has 0 aliphatic heterocycles. The van der Waals surface area contributed by atoms with Gasteiger partial charge in [0, 0.05) is 16.8 Å². The van der Waals surface area contributed by atoms with Crippen molar-refractivity contribution >= 4 is 16.6 Å². The summed E-state index contributed by atoms with van der Waals surface area (Å²) in [7, 11) is 0. The fraction of sp³-hybridized carbons (Fsp3) is 0.143. The lowest BCUT2D eigenvalue weighted by Gasteiger charge is -2.05. The summed E-state index contributed by atoms with van der Waals surface area (Å²) < 4.78 is 1.85. The van der Waals surface area contributed by atoms with Gasteiger partial charge in [-0.25, -0.2) is 9.67 Å². The summed E-state index contributed by atoms with van der Waals surface area (Å²) in [6, 6.07) is 11.7. The van der Waals surface area contributed by atoms with E-state index in [0.29, 0.717) is 0 Å². The van der Waals surface area contributed by atoms with E-state index in [0.717, 1.165) is 33.8 Å². The molecule has 0 spiro atoms. The number of pyridine rings is 1. The van der Waals surface area contributed by atoms with Crippen molar-refractivity contribution in [2.75, 3.05) is 5.73 Å². The van der Waals surface area contributed by atoms with Crippen molar-refractivity contribution in [3.8, 4) is 5.82 Å². The van der Waals surface area contributed by atoms with Gasteiger partial charge in [-0.3, -0.25) is 0 Å². The third-order valence-corrected chi connectivity index (χ3v) is 2.93. The average Bonchev–Trinajstić information content (AvgIpc) is 2.68. The van der Waals surface area contributed by atoms with E-state index in [-0.39, 0.29) is 0 Å². The molecule has 2 heterocycles. The molecule has 1 aromatic carbocycles. The number of nitrogens with two attached hydrogens (primary N) is 1. The van der Waals surface area contributed by atoms with Crippen LogP contribution in [0.4, 0.5) is 5.69 Å². The molecule has 0 atom stereocenters. The van der Waals surface area contributed by atoms with E-state index in [1.54, 1.807) is 0 Å². The van der Waals surface area contributed by atoms with Gasteiger partial charge in [0.15, 0.2) is 5.82 Å². The van der Waals surface area contributed by atoms with Crippen LogP contribution in [0.2, 0.25) is 0 Å². The van der Waals surface area contributed by atoms with Gasteiger partial charge in [-0.1, -0.05) is 0 Å². The van der Waals surface area contributed by atoms with Crippen molar-refractivity contribution in [3.05, 3.63) is 47.8 Å². The van der Waals surface area contributed by atoms with Crippen molar-refractivity contribution < 1.29 is 0 Å². The van der Waals surface area contributed by atoms with Gasteiger partial charge in [-0.15, -0.1) is 0 Å². The molecule has 3 aromatic rings. The van der Waals surface area contributed by atoms with Gasteiger partial charge >= 0.3 is 0 Å². The minimum atomic E-state index is 0.753. The number of hydrogen-bond acceptors (Lipinski definition) is 3. The number of nitrogens with zero attached hydrogens (tertiary/aromatic N) is 3. The number of aryl methyl sites for hydroxylation is 2. The Hall–Kier alpha value is -2.36. The van der Waals surface area contributed by atoms with Crippen LogP contribution in [0.15, 0.2) is 36.4 Å². The Morgan fingerprint density at radius 2 is 1.89 bits per heavy atom. The second-order valence-corrected chi connectivity index (χ2v) is 4.46. The molecule has 0 amide bonds. The Bertz CT molecular complexity index is 728. The minimum Gasteiger partial charge on any atom is -0.399 e. The lowest BCUT2D eigenvalue weighted by molar-refractivity contribution is 0.810. The molecule has 3 rings (SSSR count). The van der Waals surface area contributed by atoms with Crippen molar-refractivity contribution in [2.24, 2.45) is 0 Å². The number of rotatable bonds is 1. The van der Waals surface area contributed by atoms with Crippen molar-refractivity contribution in [3.63, 3.8) is 0 Å². The van der Waals surface area contributed by atoms with E-state index in [9.17, 15) is 0 Å². The van der Waals surface area contributed by atoms with Gasteiger partial charge in [0.1, 0.15) is 0 Å². The van der Waals surface area contributed by atoms with Gasteiger partial charge in [0.25, 0.3) is 0 Å². The minimum absolute atomic E-state index is 0.753. The first-order valence-electron chi connectivity index (χ1n) is 5.83. The van der Waals surface area contributed by atoms with Crippen LogP contribution in [0.25, 0.3) is 16.7 Å². The maximum atomic E-state index is 5.76. The summed E-state index contributed by atoms with van der Waals surface area (Å²) in [5, 5.41) is 5.48. The molecule has 0 aliphatic carbocycles. The van der Waals surface area contributed by atoms with Crippen LogP contribution in [0, 0.1) is 13.8 Å². The van der Waals surface area contributed by atoms with Crippen LogP contribution >= 0.6 is 0 Å². The Morgan fingerprint density at radius 3 is 2.61 bits per heavy atom. The van der Waals surface area contributed by atoms with Crippen LogP contribution in [0.5, 0.6) is 0 Å². The van der Waals surface area contributed by atoms with Crippen LogP contribution in [-0.2, 0) is 0 Å². The third kappa shape index (κ3) is 1.72. The van der Waals surface area contributed by atoms with Crippen LogP contribution in [-0.4, -0.2) is 14.8 Å². The van der Waals surface area contributed by atoms with Crippen LogP contribution in [0.1, 0.15) is 11.4 Å². The first-order chi connectivity index (χ1) is 8.63. The molecule has 18 heavy (non-hydrogen) atoms. The number of benzene rings is 1. The maximum absolute atomic E-state index is 5.76. The monoisotopic (exact) mass is 238 g/mol. The summed E-state index contributed by atoms with van der Waals surface area (Å²) >= 11 is 0. The predicted octanol–water partition coefficient (Wildman–Crippen LogP) is 2.62. The number of fused-ring (bicyclic) bond motifs is 1. The van der Waals surface area contributed by atoms with Crippen molar-refractivity contribution in [2.45, 2.75) is 13.8 Å². The molecule has 0 unspecified atom stereocenters. The molecule has 2 N–H and O–H groups in total. The molecule has 0 saturated heterocycles. The Labute approximate surface area is 105 Å². The Morgan fingerprint density at radius 1 is 1.06 bits per heavy atom. The quantitative estimate of drug-likeness (QED) is 0.663. The van der Waals surface area contributed by atoms with Gasteiger partial charge < -0.3 is 5.73 Å². The number of hydrogen-bond donors (Lipinski definition) is 1. The van der Waals surface area contributed by atoms with Crippen molar-refractivity contribution in [1.29, 1.82) is 0 Å². The third-order valence-electron chi connectivity index (χ3n) is 2.93. The Kier molecular flexibility index (Phi) is 2.30. The molecule has 4 nitrogen and oxygen atoms in total. The van der Waals surface area contributed by atoms with Gasteiger partial charge in [-0.05, 0) is 50.2 Å². The summed E-state index contributed by atoms with van der Waals surface area (Å²) in [5.41, 5.74) is 9.50. The lowest BCUT2D eigenvalue weighted by Crippen LogP contribution is -2.01. The van der Waals surface area contributed by atoms with E-state index < -0.39 is 0 Å². The number of aromatic nitrogens is 3. The number of anilines is 1. The highest BCUT2D eigenvalue weighted by atomic mass is 15.3. The molecular formula is C14H14N4. The zero-order chi connectivity index (χ0) is 12.7. The number of nitrogen functional groups attached to an aromatic ring is 1. The molecule has 2 aromatic heterocycles. The average molecular weight is 238 g/mol. The topological polar surface area (TPSA) is 56.7 Å². The molecule has 0 bridgehead atoms. The SMILES string of the molecule is Cc1cc(C)n(-c2ccc3cc(N)ccc3n2)n1. The fourth-order valence-electron chi connectivity index (χ4n) is 2.11. The van der Waals surface area contributed by atoms with E-state index in [4.69, 9.17) is 5.73 Å². The fourth-order valence-corrected chi connectivity index (χ4v) is 2.11. The summed E-state index contributed by atoms with van der Waals surface area (Å²) in [4.78, 5) is 4.61. The standard InChI is InChI=1S/C14H14N4/c1-9-7-10(2)18(17-9)14-6-3-11-8-12(15)4-5-13(11)16-14/h3-8H,15H2,1-2H3. The molecule has 4 heteroatoms. The molecule has 0 saturated carbocycles. The van der Waals surface area contributed by atoms with E-state index in [1.807, 2.05) is 54.9 Å². The Balaban J connectivity index is 2.19. The largest absolute Gasteiger partial charge is 0.399 e. The van der Waals surface area contributed by atoms with E-state index in [1.165, 1.54) is 0 Å². The van der Waals surface area contributed by atoms with Crippen molar-refractivity contribution in [1.82, 2.24) is 14.8 Å². The summed E-state index contributed by atoms with van der Waals surface area (Å²) in [5.74, 6) is 0.831. The van der Waals surface area contributed by atoms with Crippen LogP contribution < -0.4 is 5.73 Å².